The van der Waals surface area contributed by atoms with Crippen LogP contribution in [0.2, 0.25) is 0 Å². The Morgan fingerprint density at radius 2 is 2.26 bits per heavy atom. The van der Waals surface area contributed by atoms with E-state index in [0.717, 1.165) is 0 Å². The van der Waals surface area contributed by atoms with E-state index in [4.69, 9.17) is 0 Å². The third kappa shape index (κ3) is 2.95. The molecule has 0 bridgehead atoms. The minimum atomic E-state index is -4.51. The summed E-state index contributed by atoms with van der Waals surface area (Å²) in [4.78, 5) is 13.2. The molecule has 1 aliphatic rings. The Hall–Kier alpha value is -1.42. The Labute approximate surface area is 111 Å². The number of amides is 1. The van der Waals surface area contributed by atoms with Crippen LogP contribution in [-0.2, 0) is 11.0 Å². The van der Waals surface area contributed by atoms with Crippen molar-refractivity contribution < 1.29 is 18.0 Å². The first-order valence-corrected chi connectivity index (χ1v) is 6.35. The number of likely N-dealkylation sites (N-methyl/N-ethyl adjacent to an activating group) is 1. The lowest BCUT2D eigenvalue weighted by atomic mass is 10.2. The Kier molecular flexibility index (Phi) is 3.90. The highest BCUT2D eigenvalue weighted by Crippen LogP contribution is 2.34. The maximum absolute atomic E-state index is 12.5. The molecule has 10 heteroatoms. The summed E-state index contributed by atoms with van der Waals surface area (Å²) in [5.41, 5.74) is 0. The summed E-state index contributed by atoms with van der Waals surface area (Å²) in [6.07, 6.45) is -4.51. The van der Waals surface area contributed by atoms with E-state index in [-0.39, 0.29) is 11.0 Å². The Morgan fingerprint density at radius 3 is 2.84 bits per heavy atom. The maximum Gasteiger partial charge on any atom is 0.445 e. The molecule has 1 aliphatic heterocycles. The summed E-state index contributed by atoms with van der Waals surface area (Å²) in [5, 5.41) is 11.3. The van der Waals surface area contributed by atoms with Crippen LogP contribution in [0.25, 0.3) is 0 Å². The summed E-state index contributed by atoms with van der Waals surface area (Å²) < 4.78 is 37.5. The van der Waals surface area contributed by atoms with Crippen LogP contribution in [0.3, 0.4) is 0 Å². The average molecular weight is 295 g/mol. The molecule has 106 valence electrons. The van der Waals surface area contributed by atoms with Crippen molar-refractivity contribution in [3.63, 3.8) is 0 Å². The highest BCUT2D eigenvalue weighted by molar-refractivity contribution is 7.15. The van der Waals surface area contributed by atoms with Gasteiger partial charge in [-0.05, 0) is 0 Å². The van der Waals surface area contributed by atoms with Crippen molar-refractivity contribution >= 4 is 22.4 Å². The van der Waals surface area contributed by atoms with Crippen LogP contribution in [0.1, 0.15) is 5.01 Å². The van der Waals surface area contributed by atoms with Crippen LogP contribution < -0.4 is 15.5 Å². The topological polar surface area (TPSA) is 70.2 Å². The van der Waals surface area contributed by atoms with Gasteiger partial charge in [0.05, 0.1) is 0 Å². The molecule has 0 aromatic carbocycles. The van der Waals surface area contributed by atoms with Gasteiger partial charge in [-0.25, -0.2) is 0 Å². The zero-order valence-electron chi connectivity index (χ0n) is 9.99. The van der Waals surface area contributed by atoms with Crippen molar-refractivity contribution in [2.45, 2.75) is 12.2 Å². The molecule has 1 unspecified atom stereocenters. The number of alkyl halides is 3. The van der Waals surface area contributed by atoms with Gasteiger partial charge in [-0.2, -0.15) is 13.2 Å². The minimum absolute atomic E-state index is 0.113. The zero-order chi connectivity index (χ0) is 14.0. The van der Waals surface area contributed by atoms with Gasteiger partial charge in [-0.1, -0.05) is 11.3 Å². The number of halogens is 3. The number of hydrogen-bond acceptors (Lipinski definition) is 6. The molecule has 2 heterocycles. The molecule has 1 aromatic heterocycles. The van der Waals surface area contributed by atoms with Crippen molar-refractivity contribution in [1.29, 1.82) is 0 Å². The van der Waals surface area contributed by atoms with E-state index in [9.17, 15) is 18.0 Å². The molecular weight excluding hydrogens is 283 g/mol. The van der Waals surface area contributed by atoms with Gasteiger partial charge in [0.15, 0.2) is 0 Å². The number of carbonyl (C=O) groups excluding carboxylic acids is 1. The average Bonchev–Trinajstić information content (AvgIpc) is 2.87. The number of nitrogens with zero attached hydrogens (tertiary/aromatic N) is 3. The standard InChI is InChI=1S/C9H12F3N5OS/c1-13-6(18)5-4-14-2-3-17(5)8-16-15-7(19-8)9(10,11)12/h5,14H,2-4H2,1H3,(H,13,18). The Bertz CT molecular complexity index is 463. The van der Waals surface area contributed by atoms with E-state index >= 15 is 0 Å². The molecule has 1 amide bonds. The predicted octanol–water partition coefficient (Wildman–Crippen LogP) is 0.0811. The second kappa shape index (κ2) is 5.29. The third-order valence-corrected chi connectivity index (χ3v) is 3.70. The lowest BCUT2D eigenvalue weighted by Crippen LogP contribution is -2.57. The summed E-state index contributed by atoms with van der Waals surface area (Å²) in [6, 6.07) is -0.576. The summed E-state index contributed by atoms with van der Waals surface area (Å²) in [5.74, 6) is -0.268. The Balaban J connectivity index is 2.23. The Morgan fingerprint density at radius 1 is 1.53 bits per heavy atom. The monoisotopic (exact) mass is 295 g/mol. The lowest BCUT2D eigenvalue weighted by molar-refractivity contribution is -0.138. The van der Waals surface area contributed by atoms with Gasteiger partial charge >= 0.3 is 6.18 Å². The molecule has 0 radical (unpaired) electrons. The molecule has 6 nitrogen and oxygen atoms in total. The molecule has 1 fully saturated rings. The van der Waals surface area contributed by atoms with Crippen molar-refractivity contribution in [2.24, 2.45) is 0 Å². The molecule has 0 saturated carbocycles. The molecule has 2 rings (SSSR count). The minimum Gasteiger partial charge on any atom is -0.357 e. The van der Waals surface area contributed by atoms with E-state index in [1.807, 2.05) is 0 Å². The fourth-order valence-corrected chi connectivity index (χ4v) is 2.57. The number of rotatable bonds is 2. The molecule has 19 heavy (non-hydrogen) atoms. The number of hydrogen-bond donors (Lipinski definition) is 2. The molecule has 0 aliphatic carbocycles. The molecule has 0 spiro atoms. The summed E-state index contributed by atoms with van der Waals surface area (Å²) >= 11 is 0.449. The van der Waals surface area contributed by atoms with E-state index in [1.54, 1.807) is 4.90 Å². The highest BCUT2D eigenvalue weighted by atomic mass is 32.1. The van der Waals surface area contributed by atoms with Crippen LogP contribution >= 0.6 is 11.3 Å². The third-order valence-electron chi connectivity index (χ3n) is 2.69. The summed E-state index contributed by atoms with van der Waals surface area (Å²) in [6.45, 7) is 1.35. The van der Waals surface area contributed by atoms with Crippen molar-refractivity contribution in [3.8, 4) is 0 Å². The van der Waals surface area contributed by atoms with Gasteiger partial charge in [-0.15, -0.1) is 10.2 Å². The van der Waals surface area contributed by atoms with Crippen molar-refractivity contribution in [3.05, 3.63) is 5.01 Å². The number of anilines is 1. The van der Waals surface area contributed by atoms with Gasteiger partial charge in [0.1, 0.15) is 6.04 Å². The van der Waals surface area contributed by atoms with Crippen LogP contribution in [0, 0.1) is 0 Å². The highest BCUT2D eigenvalue weighted by Gasteiger charge is 2.38. The van der Waals surface area contributed by atoms with E-state index < -0.39 is 17.2 Å². The molecule has 2 N–H and O–H groups in total. The number of piperazine rings is 1. The second-order valence-corrected chi connectivity index (χ2v) is 4.87. The zero-order valence-corrected chi connectivity index (χ0v) is 10.8. The normalized spacial score (nSPS) is 20.4. The maximum atomic E-state index is 12.5. The molecule has 1 atom stereocenters. The first-order valence-electron chi connectivity index (χ1n) is 5.53. The molecule has 1 saturated heterocycles. The van der Waals surface area contributed by atoms with E-state index in [0.29, 0.717) is 31.0 Å². The molecular formula is C9H12F3N5OS. The van der Waals surface area contributed by atoms with Gasteiger partial charge < -0.3 is 15.5 Å². The number of aromatic nitrogens is 2. The van der Waals surface area contributed by atoms with Gasteiger partial charge in [0.2, 0.25) is 16.0 Å². The lowest BCUT2D eigenvalue weighted by Gasteiger charge is -2.34. The first-order chi connectivity index (χ1) is 8.93. The van der Waals surface area contributed by atoms with Crippen LogP contribution in [-0.4, -0.2) is 48.8 Å². The largest absolute Gasteiger partial charge is 0.445 e. The number of nitrogens with one attached hydrogen (secondary N) is 2. The predicted molar refractivity (Wildman–Crippen MR) is 63.0 cm³/mol. The van der Waals surface area contributed by atoms with Gasteiger partial charge in [-0.3, -0.25) is 4.79 Å². The van der Waals surface area contributed by atoms with Gasteiger partial charge in [0, 0.05) is 26.7 Å². The van der Waals surface area contributed by atoms with Crippen molar-refractivity contribution in [2.75, 3.05) is 31.6 Å². The summed E-state index contributed by atoms with van der Waals surface area (Å²) in [7, 11) is 1.48. The molecule has 1 aromatic rings. The van der Waals surface area contributed by atoms with E-state index in [1.165, 1.54) is 7.05 Å². The quantitative estimate of drug-likeness (QED) is 0.809. The van der Waals surface area contributed by atoms with Gasteiger partial charge in [0.25, 0.3) is 0 Å². The first kappa shape index (κ1) is 14.0. The van der Waals surface area contributed by atoms with Crippen LogP contribution in [0.4, 0.5) is 18.3 Å². The second-order valence-electron chi connectivity index (χ2n) is 3.92. The fourth-order valence-electron chi connectivity index (χ4n) is 1.78. The smallest absolute Gasteiger partial charge is 0.357 e. The van der Waals surface area contributed by atoms with Crippen LogP contribution in [0.15, 0.2) is 0 Å². The number of carbonyl (C=O) groups is 1. The fraction of sp³-hybridized carbons (Fsp3) is 0.667. The van der Waals surface area contributed by atoms with Crippen molar-refractivity contribution in [1.82, 2.24) is 20.8 Å². The SMILES string of the molecule is CNC(=O)C1CNCCN1c1nnc(C(F)(F)F)s1. The van der Waals surface area contributed by atoms with E-state index in [2.05, 4.69) is 20.8 Å². The van der Waals surface area contributed by atoms with Crippen LogP contribution in [0.5, 0.6) is 0 Å².